The molecule has 0 saturated carbocycles. The monoisotopic (exact) mass is 414 g/mol. The summed E-state index contributed by atoms with van der Waals surface area (Å²) in [5.41, 5.74) is 6.59. The number of nitrogens with zero attached hydrogens (tertiary/aromatic N) is 2. The second kappa shape index (κ2) is 9.08. The third-order valence-electron chi connectivity index (χ3n) is 6.26. The summed E-state index contributed by atoms with van der Waals surface area (Å²) >= 11 is 0. The first-order valence-electron chi connectivity index (χ1n) is 10.9. The topological polar surface area (TPSA) is 56.8 Å². The van der Waals surface area contributed by atoms with Gasteiger partial charge in [0.15, 0.2) is 0 Å². The van der Waals surface area contributed by atoms with E-state index in [2.05, 4.69) is 28.4 Å². The van der Waals surface area contributed by atoms with Gasteiger partial charge in [-0.15, -0.1) is 0 Å². The second-order valence-corrected chi connectivity index (χ2v) is 8.25. The highest BCUT2D eigenvalue weighted by Crippen LogP contribution is 2.35. The molecule has 1 fully saturated rings. The van der Waals surface area contributed by atoms with E-state index in [4.69, 9.17) is 4.84 Å². The summed E-state index contributed by atoms with van der Waals surface area (Å²) in [5, 5.41) is 3.47. The molecule has 30 heavy (non-hydrogen) atoms. The highest BCUT2D eigenvalue weighted by molar-refractivity contribution is 5.94. The molecule has 0 bridgehead atoms. The van der Waals surface area contributed by atoms with Crippen LogP contribution in [0.15, 0.2) is 58.5 Å². The minimum atomic E-state index is -0.272. The third-order valence-corrected chi connectivity index (χ3v) is 6.26. The van der Waals surface area contributed by atoms with Crippen LogP contribution >= 0.6 is 0 Å². The van der Waals surface area contributed by atoms with Gasteiger partial charge in [-0.2, -0.15) is 0 Å². The second-order valence-electron chi connectivity index (χ2n) is 8.25. The molecular formula is C23H31FN4O2. The lowest BCUT2D eigenvalue weighted by atomic mass is 9.95. The van der Waals surface area contributed by atoms with Crippen molar-refractivity contribution in [2.45, 2.75) is 44.9 Å². The summed E-state index contributed by atoms with van der Waals surface area (Å²) in [6.45, 7) is 6.93. The quantitative estimate of drug-likeness (QED) is 0.676. The van der Waals surface area contributed by atoms with Gasteiger partial charge in [-0.05, 0) is 62.7 Å². The lowest BCUT2D eigenvalue weighted by Crippen LogP contribution is -2.43. The number of amides is 1. The summed E-state index contributed by atoms with van der Waals surface area (Å²) in [6.07, 6.45) is 10.3. The van der Waals surface area contributed by atoms with Crippen LogP contribution in [0, 0.1) is 0 Å². The number of piperidine rings is 1. The van der Waals surface area contributed by atoms with E-state index in [1.165, 1.54) is 13.5 Å². The van der Waals surface area contributed by atoms with E-state index in [0.29, 0.717) is 24.2 Å². The molecule has 4 rings (SSSR count). The molecule has 1 saturated heterocycles. The number of carbonyl (C=O) groups is 1. The number of nitrogens with one attached hydrogen (secondary N) is 2. The Morgan fingerprint density at radius 3 is 2.67 bits per heavy atom. The number of hydrogen-bond acceptors (Lipinski definition) is 5. The first-order valence-corrected chi connectivity index (χ1v) is 10.9. The van der Waals surface area contributed by atoms with Crippen molar-refractivity contribution in [1.82, 2.24) is 20.6 Å². The number of hydrogen-bond donors (Lipinski definition) is 2. The van der Waals surface area contributed by atoms with Crippen molar-refractivity contribution in [3.63, 3.8) is 0 Å². The normalized spacial score (nSPS) is 22.2. The summed E-state index contributed by atoms with van der Waals surface area (Å²) < 4.78 is 14.7. The van der Waals surface area contributed by atoms with E-state index in [9.17, 15) is 9.18 Å². The van der Waals surface area contributed by atoms with Crippen LogP contribution in [0.4, 0.5) is 4.39 Å². The number of rotatable bonds is 5. The van der Waals surface area contributed by atoms with Crippen molar-refractivity contribution in [1.29, 1.82) is 0 Å². The van der Waals surface area contributed by atoms with Crippen molar-refractivity contribution < 1.29 is 14.0 Å². The number of likely N-dealkylation sites (tertiary alicyclic amines) is 1. The Labute approximate surface area is 177 Å². The molecule has 4 aliphatic rings. The van der Waals surface area contributed by atoms with Crippen LogP contribution in [0.3, 0.4) is 0 Å². The number of hydroxylamine groups is 1. The van der Waals surface area contributed by atoms with Crippen LogP contribution < -0.4 is 10.8 Å². The maximum Gasteiger partial charge on any atom is 0.251 e. The van der Waals surface area contributed by atoms with E-state index in [1.54, 1.807) is 6.08 Å². The standard InChI is InChI=1S/C23H31FN4O2/c1-16(26-30-2)20-9-8-19(14-21(20)24)28-12-6-7-17-13-18(15-25-22(17)28)23(29)27-10-4-3-5-11-27/h13-14,25-26H,1,3-12,15H2,2H3. The van der Waals surface area contributed by atoms with E-state index in [-0.39, 0.29) is 11.7 Å². The predicted octanol–water partition coefficient (Wildman–Crippen LogP) is 3.40. The fourth-order valence-corrected chi connectivity index (χ4v) is 4.72. The fourth-order valence-electron chi connectivity index (χ4n) is 4.72. The van der Waals surface area contributed by atoms with E-state index >= 15 is 0 Å². The molecule has 3 heterocycles. The minimum Gasteiger partial charge on any atom is -0.367 e. The average Bonchev–Trinajstić information content (AvgIpc) is 2.78. The van der Waals surface area contributed by atoms with Crippen LogP contribution in [0.2, 0.25) is 0 Å². The van der Waals surface area contributed by atoms with Gasteiger partial charge >= 0.3 is 0 Å². The molecule has 6 nitrogen and oxygen atoms in total. The Morgan fingerprint density at radius 2 is 1.93 bits per heavy atom. The van der Waals surface area contributed by atoms with Crippen molar-refractivity contribution in [3.8, 4) is 0 Å². The molecule has 0 unspecified atom stereocenters. The van der Waals surface area contributed by atoms with Crippen LogP contribution in [0.25, 0.3) is 0 Å². The number of halogens is 1. The van der Waals surface area contributed by atoms with Gasteiger partial charge in [0.2, 0.25) is 0 Å². The minimum absolute atomic E-state index is 0.158. The highest BCUT2D eigenvalue weighted by Gasteiger charge is 2.30. The van der Waals surface area contributed by atoms with Crippen molar-refractivity contribution >= 4 is 5.91 Å². The van der Waals surface area contributed by atoms with Gasteiger partial charge in [0.1, 0.15) is 11.6 Å². The number of allylic oxidation sites excluding steroid dienone is 6. The van der Waals surface area contributed by atoms with Crippen LogP contribution in [-0.4, -0.2) is 49.0 Å². The maximum absolute atomic E-state index is 14.7. The van der Waals surface area contributed by atoms with Gasteiger partial charge in [-0.1, -0.05) is 6.58 Å². The van der Waals surface area contributed by atoms with Gasteiger partial charge in [0, 0.05) is 43.0 Å². The first kappa shape index (κ1) is 20.7. The number of dihydropyridines is 1. The Balaban J connectivity index is 1.54. The Morgan fingerprint density at radius 1 is 1.13 bits per heavy atom. The summed E-state index contributed by atoms with van der Waals surface area (Å²) in [6, 6.07) is 0. The average molecular weight is 415 g/mol. The van der Waals surface area contributed by atoms with Gasteiger partial charge in [-0.3, -0.25) is 15.1 Å². The van der Waals surface area contributed by atoms with Gasteiger partial charge < -0.3 is 15.1 Å². The Bertz CT molecular complexity index is 849. The summed E-state index contributed by atoms with van der Waals surface area (Å²) in [7, 11) is 1.49. The molecule has 2 N–H and O–H groups in total. The zero-order valence-electron chi connectivity index (χ0n) is 17.7. The SMILES string of the molecule is C=C(NOC)C1=C(F)C=C(N2CCCC3=C2NCC(C(=O)N2CCCCC2)=C3)CC1. The molecule has 3 aliphatic heterocycles. The van der Waals surface area contributed by atoms with Gasteiger partial charge in [-0.25, -0.2) is 4.39 Å². The predicted molar refractivity (Wildman–Crippen MR) is 114 cm³/mol. The molecule has 162 valence electrons. The van der Waals surface area contributed by atoms with Gasteiger partial charge in [0.25, 0.3) is 5.91 Å². The van der Waals surface area contributed by atoms with E-state index < -0.39 is 0 Å². The number of carbonyl (C=O) groups excluding carboxylic acids is 1. The van der Waals surface area contributed by atoms with Crippen LogP contribution in [0.5, 0.6) is 0 Å². The molecule has 0 aromatic rings. The van der Waals surface area contributed by atoms with Crippen molar-refractivity contribution in [2.75, 3.05) is 33.3 Å². The molecule has 0 atom stereocenters. The lowest BCUT2D eigenvalue weighted by molar-refractivity contribution is -0.128. The lowest BCUT2D eigenvalue weighted by Gasteiger charge is -2.39. The van der Waals surface area contributed by atoms with Crippen molar-refractivity contribution in [2.24, 2.45) is 0 Å². The molecule has 0 spiro atoms. The molecule has 1 amide bonds. The smallest absolute Gasteiger partial charge is 0.251 e. The van der Waals surface area contributed by atoms with Crippen LogP contribution in [-0.2, 0) is 9.63 Å². The summed E-state index contributed by atoms with van der Waals surface area (Å²) in [5.74, 6) is 0.907. The molecule has 1 aliphatic carbocycles. The third kappa shape index (κ3) is 4.17. The van der Waals surface area contributed by atoms with E-state index in [1.807, 2.05) is 4.90 Å². The maximum atomic E-state index is 14.7. The first-order chi connectivity index (χ1) is 14.6. The highest BCUT2D eigenvalue weighted by atomic mass is 19.1. The largest absolute Gasteiger partial charge is 0.367 e. The summed E-state index contributed by atoms with van der Waals surface area (Å²) in [4.78, 5) is 21.9. The fraction of sp³-hybridized carbons (Fsp3) is 0.522. The Hall–Kier alpha value is -2.54. The molecule has 7 heteroatoms. The van der Waals surface area contributed by atoms with E-state index in [0.717, 1.165) is 74.4 Å². The van der Waals surface area contributed by atoms with Crippen LogP contribution in [0.1, 0.15) is 44.9 Å². The molecule has 0 radical (unpaired) electrons. The van der Waals surface area contributed by atoms with Crippen molar-refractivity contribution in [3.05, 3.63) is 58.5 Å². The zero-order valence-corrected chi connectivity index (χ0v) is 17.7. The van der Waals surface area contributed by atoms with Gasteiger partial charge in [0.05, 0.1) is 12.8 Å². The zero-order chi connectivity index (χ0) is 21.1. The molecule has 0 aromatic carbocycles. The Kier molecular flexibility index (Phi) is 6.27. The molecule has 0 aromatic heterocycles. The molecular weight excluding hydrogens is 383 g/mol.